The molecule has 1 aliphatic carbocycles. The number of carbonyl (C=O) groups is 1. The molecule has 112 valence electrons. The van der Waals surface area contributed by atoms with Gasteiger partial charge in [-0.15, -0.1) is 0 Å². The second-order valence-electron chi connectivity index (χ2n) is 5.52. The minimum atomic E-state index is -0.843. The maximum atomic E-state index is 10.8. The summed E-state index contributed by atoms with van der Waals surface area (Å²) in [6, 6.07) is 2.12. The van der Waals surface area contributed by atoms with Crippen molar-refractivity contribution in [2.45, 2.75) is 37.4 Å². The number of nitrogens with zero attached hydrogens (tertiary/aromatic N) is 3. The third kappa shape index (κ3) is 3.01. The maximum absolute atomic E-state index is 10.8. The Morgan fingerprint density at radius 2 is 2.38 bits per heavy atom. The predicted molar refractivity (Wildman–Crippen MR) is 82.9 cm³/mol. The molecule has 0 saturated heterocycles. The fourth-order valence-electron chi connectivity index (χ4n) is 2.91. The highest BCUT2D eigenvalue weighted by Gasteiger charge is 2.27. The SMILES string of the molecule is CC1CCC(n2c(SCC(=O)O)nc3cc(Cl)cnc32)C1. The molecule has 0 spiro atoms. The maximum Gasteiger partial charge on any atom is 0.313 e. The van der Waals surface area contributed by atoms with Crippen molar-refractivity contribution in [2.75, 3.05) is 5.75 Å². The van der Waals surface area contributed by atoms with Crippen LogP contribution in [-0.4, -0.2) is 31.4 Å². The number of carboxylic acids is 1. The zero-order chi connectivity index (χ0) is 15.0. The lowest BCUT2D eigenvalue weighted by atomic mass is 10.1. The average Bonchev–Trinajstić information content (AvgIpc) is 2.98. The van der Waals surface area contributed by atoms with Crippen LogP contribution in [0.1, 0.15) is 32.2 Å². The van der Waals surface area contributed by atoms with Crippen LogP contribution in [0.3, 0.4) is 0 Å². The number of thioether (sulfide) groups is 1. The Hall–Kier alpha value is -1.27. The van der Waals surface area contributed by atoms with E-state index in [4.69, 9.17) is 16.7 Å². The van der Waals surface area contributed by atoms with Gasteiger partial charge in [-0.2, -0.15) is 0 Å². The van der Waals surface area contributed by atoms with Gasteiger partial charge in [0.15, 0.2) is 10.8 Å². The largest absolute Gasteiger partial charge is 0.481 e. The Kier molecular flexibility index (Phi) is 4.08. The smallest absolute Gasteiger partial charge is 0.313 e. The first-order valence-corrected chi connectivity index (χ1v) is 8.29. The van der Waals surface area contributed by atoms with Crippen molar-refractivity contribution in [1.82, 2.24) is 14.5 Å². The quantitative estimate of drug-likeness (QED) is 0.869. The number of imidazole rings is 1. The van der Waals surface area contributed by atoms with Crippen LogP contribution in [0.25, 0.3) is 11.2 Å². The van der Waals surface area contributed by atoms with Crippen LogP contribution in [-0.2, 0) is 4.79 Å². The number of carboxylic acid groups (broad SMARTS) is 1. The lowest BCUT2D eigenvalue weighted by molar-refractivity contribution is -0.133. The zero-order valence-corrected chi connectivity index (χ0v) is 13.2. The van der Waals surface area contributed by atoms with E-state index in [1.54, 1.807) is 12.3 Å². The number of halogens is 1. The summed E-state index contributed by atoms with van der Waals surface area (Å²) in [5.41, 5.74) is 1.53. The van der Waals surface area contributed by atoms with Crippen LogP contribution in [0.2, 0.25) is 5.02 Å². The summed E-state index contributed by atoms with van der Waals surface area (Å²) in [7, 11) is 0. The second-order valence-corrected chi connectivity index (χ2v) is 6.89. The molecule has 2 heterocycles. The molecule has 0 aliphatic heterocycles. The van der Waals surface area contributed by atoms with E-state index in [2.05, 4.69) is 21.5 Å². The third-order valence-electron chi connectivity index (χ3n) is 3.82. The van der Waals surface area contributed by atoms with E-state index in [1.165, 1.54) is 18.2 Å². The van der Waals surface area contributed by atoms with E-state index in [9.17, 15) is 4.79 Å². The van der Waals surface area contributed by atoms with E-state index < -0.39 is 5.97 Å². The van der Waals surface area contributed by atoms with Gasteiger partial charge >= 0.3 is 5.97 Å². The number of rotatable bonds is 4. The standard InChI is InChI=1S/C14H16ClN3O2S/c1-8-2-3-10(4-8)18-13-11(5-9(15)6-16-13)17-14(18)21-7-12(19)20/h5-6,8,10H,2-4,7H2,1H3,(H,19,20). The number of hydrogen-bond acceptors (Lipinski definition) is 4. The summed E-state index contributed by atoms with van der Waals surface area (Å²) in [6.07, 6.45) is 4.96. The minimum Gasteiger partial charge on any atom is -0.481 e. The number of aromatic nitrogens is 3. The number of fused-ring (bicyclic) bond motifs is 1. The molecule has 1 saturated carbocycles. The lowest BCUT2D eigenvalue weighted by Gasteiger charge is -2.15. The first kappa shape index (κ1) is 14.7. The highest BCUT2D eigenvalue weighted by Crippen LogP contribution is 2.39. The van der Waals surface area contributed by atoms with E-state index >= 15 is 0 Å². The summed E-state index contributed by atoms with van der Waals surface area (Å²) in [4.78, 5) is 19.8. The molecule has 21 heavy (non-hydrogen) atoms. The molecule has 2 unspecified atom stereocenters. The van der Waals surface area contributed by atoms with Gasteiger partial charge in [0.25, 0.3) is 0 Å². The topological polar surface area (TPSA) is 68.0 Å². The second kappa shape index (κ2) is 5.85. The Bertz CT molecular complexity index is 688. The molecule has 0 radical (unpaired) electrons. The molecule has 0 bridgehead atoms. The number of hydrogen-bond donors (Lipinski definition) is 1. The normalized spacial score (nSPS) is 22.0. The molecule has 3 rings (SSSR count). The molecule has 2 aromatic heterocycles. The van der Waals surface area contributed by atoms with Gasteiger partial charge in [-0.25, -0.2) is 9.97 Å². The molecule has 2 atom stereocenters. The molecule has 0 amide bonds. The van der Waals surface area contributed by atoms with Crippen molar-refractivity contribution in [3.8, 4) is 0 Å². The predicted octanol–water partition coefficient (Wildman–Crippen LogP) is 3.62. The number of pyridine rings is 1. The van der Waals surface area contributed by atoms with Crippen molar-refractivity contribution >= 4 is 40.5 Å². The summed E-state index contributed by atoms with van der Waals surface area (Å²) < 4.78 is 2.10. The summed E-state index contributed by atoms with van der Waals surface area (Å²) in [6.45, 7) is 2.24. The van der Waals surface area contributed by atoms with Gasteiger partial charge in [-0.05, 0) is 31.2 Å². The molecule has 5 nitrogen and oxygen atoms in total. The van der Waals surface area contributed by atoms with Gasteiger partial charge < -0.3 is 9.67 Å². The lowest BCUT2D eigenvalue weighted by Crippen LogP contribution is -2.09. The van der Waals surface area contributed by atoms with Crippen molar-refractivity contribution in [3.05, 3.63) is 17.3 Å². The van der Waals surface area contributed by atoms with E-state index in [1.807, 2.05) is 0 Å². The highest BCUT2D eigenvalue weighted by atomic mass is 35.5. The molecule has 0 aromatic carbocycles. The Morgan fingerprint density at radius 3 is 3.05 bits per heavy atom. The van der Waals surface area contributed by atoms with Crippen molar-refractivity contribution in [1.29, 1.82) is 0 Å². The fourth-order valence-corrected chi connectivity index (χ4v) is 3.85. The van der Waals surface area contributed by atoms with Crippen LogP contribution in [0.4, 0.5) is 0 Å². The molecular formula is C14H16ClN3O2S. The first-order valence-electron chi connectivity index (χ1n) is 6.92. The summed E-state index contributed by atoms with van der Waals surface area (Å²) >= 11 is 7.22. The van der Waals surface area contributed by atoms with Gasteiger partial charge in [0.2, 0.25) is 0 Å². The average molecular weight is 326 g/mol. The molecule has 2 aromatic rings. The van der Waals surface area contributed by atoms with Crippen LogP contribution in [0.15, 0.2) is 17.4 Å². The Balaban J connectivity index is 2.04. The van der Waals surface area contributed by atoms with E-state index in [0.717, 1.165) is 29.2 Å². The first-order chi connectivity index (χ1) is 10.0. The molecule has 1 fully saturated rings. The molecular weight excluding hydrogens is 310 g/mol. The van der Waals surface area contributed by atoms with E-state index in [-0.39, 0.29) is 5.75 Å². The Morgan fingerprint density at radius 1 is 1.57 bits per heavy atom. The monoisotopic (exact) mass is 325 g/mol. The summed E-state index contributed by atoms with van der Waals surface area (Å²) in [5, 5.41) is 10.2. The number of aliphatic carboxylic acids is 1. The minimum absolute atomic E-state index is 0.000667. The van der Waals surface area contributed by atoms with Gasteiger partial charge in [-0.1, -0.05) is 30.3 Å². The Labute approximate surface area is 131 Å². The molecule has 1 N–H and O–H groups in total. The van der Waals surface area contributed by atoms with Gasteiger partial charge in [-0.3, -0.25) is 4.79 Å². The third-order valence-corrected chi connectivity index (χ3v) is 4.97. The van der Waals surface area contributed by atoms with Crippen LogP contribution < -0.4 is 0 Å². The van der Waals surface area contributed by atoms with Crippen molar-refractivity contribution < 1.29 is 9.90 Å². The highest BCUT2D eigenvalue weighted by molar-refractivity contribution is 7.99. The molecule has 7 heteroatoms. The van der Waals surface area contributed by atoms with Crippen molar-refractivity contribution in [3.63, 3.8) is 0 Å². The van der Waals surface area contributed by atoms with Crippen LogP contribution >= 0.6 is 23.4 Å². The zero-order valence-electron chi connectivity index (χ0n) is 11.6. The molecule has 1 aliphatic rings. The van der Waals surface area contributed by atoms with Gasteiger partial charge in [0.1, 0.15) is 5.52 Å². The van der Waals surface area contributed by atoms with Gasteiger partial charge in [0, 0.05) is 12.2 Å². The van der Waals surface area contributed by atoms with Crippen LogP contribution in [0, 0.1) is 5.92 Å². The van der Waals surface area contributed by atoms with Crippen molar-refractivity contribution in [2.24, 2.45) is 5.92 Å². The van der Waals surface area contributed by atoms with Gasteiger partial charge in [0.05, 0.1) is 10.8 Å². The van der Waals surface area contributed by atoms with Crippen LogP contribution in [0.5, 0.6) is 0 Å². The summed E-state index contributed by atoms with van der Waals surface area (Å²) in [5.74, 6) is -0.166. The van der Waals surface area contributed by atoms with E-state index in [0.29, 0.717) is 17.0 Å². The fraction of sp³-hybridized carbons (Fsp3) is 0.500.